The summed E-state index contributed by atoms with van der Waals surface area (Å²) in [7, 11) is 0. The Kier molecular flexibility index (Phi) is 4.03. The molecule has 0 spiro atoms. The average Bonchev–Trinajstić information content (AvgIpc) is 2.26. The molecule has 6 nitrogen and oxygen atoms in total. The number of hydrogen-bond acceptors (Lipinski definition) is 5. The van der Waals surface area contributed by atoms with Crippen molar-refractivity contribution in [2.45, 2.75) is 32.4 Å². The first-order valence-corrected chi connectivity index (χ1v) is 5.38. The summed E-state index contributed by atoms with van der Waals surface area (Å²) in [6.07, 6.45) is 1.29. The molecule has 18 heavy (non-hydrogen) atoms. The van der Waals surface area contributed by atoms with E-state index in [4.69, 9.17) is 15.6 Å². The number of carboxylic acids is 1. The lowest BCUT2D eigenvalue weighted by molar-refractivity contribution is -0.156. The molecule has 1 aromatic heterocycles. The zero-order chi connectivity index (χ0) is 13.9. The molecule has 0 amide bonds. The molecule has 0 bridgehead atoms. The minimum absolute atomic E-state index is 0.161. The normalized spacial score (nSPS) is 12.9. The van der Waals surface area contributed by atoms with Gasteiger partial charge in [-0.25, -0.2) is 14.6 Å². The Labute approximate surface area is 105 Å². The number of carbonyl (C=O) groups excluding carboxylic acids is 1. The van der Waals surface area contributed by atoms with E-state index in [1.807, 2.05) is 0 Å². The van der Waals surface area contributed by atoms with Crippen LogP contribution < -0.4 is 5.73 Å². The van der Waals surface area contributed by atoms with Crippen LogP contribution in [0.15, 0.2) is 18.3 Å². The number of pyridine rings is 1. The van der Waals surface area contributed by atoms with Crippen LogP contribution in [-0.2, 0) is 9.53 Å². The minimum atomic E-state index is -1.17. The van der Waals surface area contributed by atoms with Gasteiger partial charge in [-0.1, -0.05) is 0 Å². The molecule has 0 radical (unpaired) electrons. The molecule has 98 valence electrons. The second-order valence-electron chi connectivity index (χ2n) is 4.79. The van der Waals surface area contributed by atoms with Gasteiger partial charge in [-0.05, 0) is 38.5 Å². The molecule has 1 rings (SSSR count). The molecule has 1 atom stereocenters. The van der Waals surface area contributed by atoms with Gasteiger partial charge < -0.3 is 15.6 Å². The molecular weight excluding hydrogens is 236 g/mol. The Hall–Kier alpha value is -1.95. The molecule has 1 unspecified atom stereocenters. The number of nitrogens with two attached hydrogens (primary N) is 1. The maximum Gasteiger partial charge on any atom is 0.354 e. The van der Waals surface area contributed by atoms with Gasteiger partial charge in [0.25, 0.3) is 0 Å². The van der Waals surface area contributed by atoms with E-state index < -0.39 is 23.6 Å². The first-order chi connectivity index (χ1) is 8.20. The van der Waals surface area contributed by atoms with Gasteiger partial charge >= 0.3 is 11.9 Å². The Morgan fingerprint density at radius 2 is 2.06 bits per heavy atom. The molecule has 0 saturated carbocycles. The topological polar surface area (TPSA) is 103 Å². The van der Waals surface area contributed by atoms with E-state index in [0.717, 1.165) is 0 Å². The first kappa shape index (κ1) is 14.1. The van der Waals surface area contributed by atoms with Crippen LogP contribution in [0.2, 0.25) is 0 Å². The number of aromatic carboxylic acids is 1. The summed E-state index contributed by atoms with van der Waals surface area (Å²) in [5.74, 6) is -1.78. The number of rotatable bonds is 3. The van der Waals surface area contributed by atoms with E-state index in [0.29, 0.717) is 5.56 Å². The van der Waals surface area contributed by atoms with Crippen molar-refractivity contribution in [3.8, 4) is 0 Å². The number of hydrogen-bond donors (Lipinski definition) is 2. The van der Waals surface area contributed by atoms with Gasteiger partial charge in [0.1, 0.15) is 17.3 Å². The first-order valence-electron chi connectivity index (χ1n) is 5.38. The second kappa shape index (κ2) is 5.14. The second-order valence-corrected chi connectivity index (χ2v) is 4.79. The lowest BCUT2D eigenvalue weighted by atomic mass is 10.1. The van der Waals surface area contributed by atoms with Gasteiger partial charge in [0.2, 0.25) is 0 Å². The smallest absolute Gasteiger partial charge is 0.354 e. The van der Waals surface area contributed by atoms with E-state index in [-0.39, 0.29) is 5.69 Å². The SMILES string of the molecule is CC(C)(C)OC(=O)C(N)c1ccnc(C(=O)O)c1. The fourth-order valence-corrected chi connectivity index (χ4v) is 1.26. The predicted molar refractivity (Wildman–Crippen MR) is 64.0 cm³/mol. The number of esters is 1. The summed E-state index contributed by atoms with van der Waals surface area (Å²) in [6, 6.07) is 1.73. The van der Waals surface area contributed by atoms with Crippen molar-refractivity contribution < 1.29 is 19.4 Å². The minimum Gasteiger partial charge on any atom is -0.477 e. The maximum atomic E-state index is 11.7. The summed E-state index contributed by atoms with van der Waals surface area (Å²) in [6.45, 7) is 5.19. The highest BCUT2D eigenvalue weighted by Gasteiger charge is 2.24. The predicted octanol–water partition coefficient (Wildman–Crippen LogP) is 1.12. The third-order valence-corrected chi connectivity index (χ3v) is 2.02. The quantitative estimate of drug-likeness (QED) is 0.781. The zero-order valence-corrected chi connectivity index (χ0v) is 10.5. The largest absolute Gasteiger partial charge is 0.477 e. The third-order valence-electron chi connectivity index (χ3n) is 2.02. The highest BCUT2D eigenvalue weighted by molar-refractivity contribution is 5.86. The summed E-state index contributed by atoms with van der Waals surface area (Å²) in [5, 5.41) is 8.80. The van der Waals surface area contributed by atoms with Crippen LogP contribution in [-0.4, -0.2) is 27.6 Å². The fraction of sp³-hybridized carbons (Fsp3) is 0.417. The molecule has 3 N–H and O–H groups in total. The van der Waals surface area contributed by atoms with Crippen LogP contribution >= 0.6 is 0 Å². The van der Waals surface area contributed by atoms with Crippen molar-refractivity contribution in [1.29, 1.82) is 0 Å². The van der Waals surface area contributed by atoms with Gasteiger partial charge in [0.15, 0.2) is 0 Å². The van der Waals surface area contributed by atoms with E-state index >= 15 is 0 Å². The van der Waals surface area contributed by atoms with Crippen LogP contribution in [0.3, 0.4) is 0 Å². The van der Waals surface area contributed by atoms with Crippen molar-refractivity contribution in [3.63, 3.8) is 0 Å². The Balaban J connectivity index is 2.90. The van der Waals surface area contributed by atoms with Crippen LogP contribution in [0.1, 0.15) is 42.9 Å². The van der Waals surface area contributed by atoms with Crippen molar-refractivity contribution >= 4 is 11.9 Å². The molecule has 1 heterocycles. The van der Waals surface area contributed by atoms with Crippen LogP contribution in [0.25, 0.3) is 0 Å². The number of aromatic nitrogens is 1. The summed E-state index contributed by atoms with van der Waals surface area (Å²) < 4.78 is 5.12. The van der Waals surface area contributed by atoms with Crippen LogP contribution in [0.4, 0.5) is 0 Å². The monoisotopic (exact) mass is 252 g/mol. The molecule has 0 saturated heterocycles. The van der Waals surface area contributed by atoms with Crippen LogP contribution in [0, 0.1) is 0 Å². The number of carboxylic acid groups (broad SMARTS) is 1. The standard InChI is InChI=1S/C12H16N2O4/c1-12(2,3)18-11(17)9(13)7-4-5-14-8(6-7)10(15)16/h4-6,9H,13H2,1-3H3,(H,15,16). The Bertz CT molecular complexity index is 465. The Morgan fingerprint density at radius 3 is 2.56 bits per heavy atom. The molecule has 1 aromatic rings. The molecular formula is C12H16N2O4. The summed E-state index contributed by atoms with van der Waals surface area (Å²) in [4.78, 5) is 26.1. The van der Waals surface area contributed by atoms with E-state index in [9.17, 15) is 9.59 Å². The van der Waals surface area contributed by atoms with E-state index in [2.05, 4.69) is 4.98 Å². The van der Waals surface area contributed by atoms with Gasteiger partial charge in [-0.2, -0.15) is 0 Å². The summed E-state index contributed by atoms with van der Waals surface area (Å²) in [5.41, 5.74) is 5.28. The number of nitrogens with zero attached hydrogens (tertiary/aromatic N) is 1. The van der Waals surface area contributed by atoms with Gasteiger partial charge in [-0.3, -0.25) is 0 Å². The lowest BCUT2D eigenvalue weighted by Gasteiger charge is -2.22. The fourth-order valence-electron chi connectivity index (χ4n) is 1.26. The van der Waals surface area contributed by atoms with Crippen molar-refractivity contribution in [3.05, 3.63) is 29.6 Å². The number of ether oxygens (including phenoxy) is 1. The van der Waals surface area contributed by atoms with Gasteiger partial charge in [-0.15, -0.1) is 0 Å². The zero-order valence-electron chi connectivity index (χ0n) is 10.5. The number of carbonyl (C=O) groups is 2. The van der Waals surface area contributed by atoms with Gasteiger partial charge in [0.05, 0.1) is 0 Å². The molecule has 0 aliphatic heterocycles. The van der Waals surface area contributed by atoms with Crippen molar-refractivity contribution in [1.82, 2.24) is 4.98 Å². The maximum absolute atomic E-state index is 11.7. The molecule has 6 heteroatoms. The van der Waals surface area contributed by atoms with Crippen molar-refractivity contribution in [2.75, 3.05) is 0 Å². The van der Waals surface area contributed by atoms with Gasteiger partial charge in [0, 0.05) is 6.20 Å². The highest BCUT2D eigenvalue weighted by atomic mass is 16.6. The molecule has 0 aliphatic rings. The van der Waals surface area contributed by atoms with E-state index in [1.54, 1.807) is 20.8 Å². The highest BCUT2D eigenvalue weighted by Crippen LogP contribution is 2.16. The van der Waals surface area contributed by atoms with Crippen molar-refractivity contribution in [2.24, 2.45) is 5.73 Å². The summed E-state index contributed by atoms with van der Waals surface area (Å²) >= 11 is 0. The lowest BCUT2D eigenvalue weighted by Crippen LogP contribution is -2.31. The average molecular weight is 252 g/mol. The molecule has 0 fully saturated rings. The Morgan fingerprint density at radius 1 is 1.44 bits per heavy atom. The van der Waals surface area contributed by atoms with Crippen LogP contribution in [0.5, 0.6) is 0 Å². The molecule has 0 aromatic carbocycles. The third kappa shape index (κ3) is 3.81. The molecule has 0 aliphatic carbocycles. The van der Waals surface area contributed by atoms with E-state index in [1.165, 1.54) is 18.3 Å².